The summed E-state index contributed by atoms with van der Waals surface area (Å²) in [6, 6.07) is 27.7. The van der Waals surface area contributed by atoms with Gasteiger partial charge in [-0.15, -0.1) is 0 Å². The second-order valence-electron chi connectivity index (χ2n) is 8.58. The van der Waals surface area contributed by atoms with E-state index in [1.165, 1.54) is 5.56 Å². The molecule has 5 nitrogen and oxygen atoms in total. The first-order chi connectivity index (χ1) is 16.2. The van der Waals surface area contributed by atoms with E-state index in [1.54, 1.807) is 0 Å². The van der Waals surface area contributed by atoms with Crippen LogP contribution in [0.4, 0.5) is 0 Å². The molecule has 0 aliphatic carbocycles. The lowest BCUT2D eigenvalue weighted by atomic mass is 10.0. The van der Waals surface area contributed by atoms with Crippen molar-refractivity contribution in [3.05, 3.63) is 108 Å². The number of carbonyl (C=O) groups excluding carboxylic acids is 2. The molecule has 1 fully saturated rings. The number of amides is 2. The highest BCUT2D eigenvalue weighted by Gasteiger charge is 2.27. The first-order valence-electron chi connectivity index (χ1n) is 11.5. The summed E-state index contributed by atoms with van der Waals surface area (Å²) in [5, 5.41) is 4.10. The summed E-state index contributed by atoms with van der Waals surface area (Å²) in [6.07, 6.45) is 3.50. The van der Waals surface area contributed by atoms with E-state index in [0.717, 1.165) is 35.9 Å². The van der Waals surface area contributed by atoms with Gasteiger partial charge in [0.1, 0.15) is 0 Å². The number of likely N-dealkylation sites (tertiary alicyclic amines) is 1. The number of rotatable bonds is 5. The molecule has 0 saturated carbocycles. The van der Waals surface area contributed by atoms with Gasteiger partial charge in [-0.05, 0) is 36.6 Å². The third-order valence-electron chi connectivity index (χ3n) is 6.37. The lowest BCUT2D eigenvalue weighted by Crippen LogP contribution is -2.46. The predicted octanol–water partition coefficient (Wildman–Crippen LogP) is 4.72. The molecule has 4 aromatic rings. The van der Waals surface area contributed by atoms with Crippen LogP contribution in [0.1, 0.15) is 39.1 Å². The van der Waals surface area contributed by atoms with Gasteiger partial charge in [-0.3, -0.25) is 9.59 Å². The molecule has 1 saturated heterocycles. The molecule has 2 amide bonds. The van der Waals surface area contributed by atoms with Crippen LogP contribution in [-0.2, 0) is 6.54 Å². The van der Waals surface area contributed by atoms with Crippen molar-refractivity contribution in [2.45, 2.75) is 25.4 Å². The Balaban J connectivity index is 1.28. The van der Waals surface area contributed by atoms with Crippen molar-refractivity contribution in [2.75, 3.05) is 13.1 Å². The SMILES string of the molecule is O=C(NC1CCN(C(=O)c2cn(Cc3ccccc3)c3ccccc23)CC1)c1ccccc1. The Morgan fingerprint density at radius 1 is 0.818 bits per heavy atom. The highest BCUT2D eigenvalue weighted by molar-refractivity contribution is 6.07. The summed E-state index contributed by atoms with van der Waals surface area (Å²) in [6.45, 7) is 2.00. The second kappa shape index (κ2) is 9.33. The van der Waals surface area contributed by atoms with Gasteiger partial charge in [-0.2, -0.15) is 0 Å². The molecular weight excluding hydrogens is 410 g/mol. The number of nitrogens with zero attached hydrogens (tertiary/aromatic N) is 2. The Morgan fingerprint density at radius 2 is 1.45 bits per heavy atom. The largest absolute Gasteiger partial charge is 0.349 e. The number of fused-ring (bicyclic) bond motifs is 1. The molecule has 0 spiro atoms. The molecule has 1 aromatic heterocycles. The number of aromatic nitrogens is 1. The fraction of sp³-hybridized carbons (Fsp3) is 0.214. The summed E-state index contributed by atoms with van der Waals surface area (Å²) in [4.78, 5) is 27.8. The highest BCUT2D eigenvalue weighted by Crippen LogP contribution is 2.25. The number of benzene rings is 3. The Morgan fingerprint density at radius 3 is 2.18 bits per heavy atom. The fourth-order valence-corrected chi connectivity index (χ4v) is 4.58. The lowest BCUT2D eigenvalue weighted by Gasteiger charge is -2.32. The van der Waals surface area contributed by atoms with Crippen molar-refractivity contribution in [2.24, 2.45) is 0 Å². The van der Waals surface area contributed by atoms with Crippen molar-refractivity contribution in [1.82, 2.24) is 14.8 Å². The Bertz CT molecular complexity index is 1260. The molecule has 2 heterocycles. The lowest BCUT2D eigenvalue weighted by molar-refractivity contribution is 0.0700. The van der Waals surface area contributed by atoms with Crippen LogP contribution in [0.15, 0.2) is 91.1 Å². The summed E-state index contributed by atoms with van der Waals surface area (Å²) < 4.78 is 2.16. The summed E-state index contributed by atoms with van der Waals surface area (Å²) in [5.41, 5.74) is 3.68. The maximum atomic E-state index is 13.5. The van der Waals surface area contributed by atoms with E-state index in [9.17, 15) is 9.59 Å². The zero-order valence-electron chi connectivity index (χ0n) is 18.5. The van der Waals surface area contributed by atoms with Crippen LogP contribution >= 0.6 is 0 Å². The van der Waals surface area contributed by atoms with Gasteiger partial charge < -0.3 is 14.8 Å². The van der Waals surface area contributed by atoms with E-state index in [1.807, 2.05) is 77.8 Å². The van der Waals surface area contributed by atoms with Crippen LogP contribution in [0, 0.1) is 0 Å². The Kier molecular flexibility index (Phi) is 5.94. The molecule has 0 radical (unpaired) electrons. The summed E-state index contributed by atoms with van der Waals surface area (Å²) in [5.74, 6) is 0.00945. The number of carbonyl (C=O) groups is 2. The van der Waals surface area contributed by atoms with Crippen molar-refractivity contribution in [1.29, 1.82) is 0 Å². The summed E-state index contributed by atoms with van der Waals surface area (Å²) >= 11 is 0. The molecule has 0 unspecified atom stereocenters. The topological polar surface area (TPSA) is 54.3 Å². The number of hydrogen-bond acceptors (Lipinski definition) is 2. The quantitative estimate of drug-likeness (QED) is 0.491. The molecule has 3 aromatic carbocycles. The zero-order valence-corrected chi connectivity index (χ0v) is 18.5. The van der Waals surface area contributed by atoms with Crippen LogP contribution in [0.5, 0.6) is 0 Å². The van der Waals surface area contributed by atoms with Crippen LogP contribution in [-0.4, -0.2) is 40.4 Å². The van der Waals surface area contributed by atoms with Gasteiger partial charge in [0.05, 0.1) is 5.56 Å². The van der Waals surface area contributed by atoms with Crippen LogP contribution < -0.4 is 5.32 Å². The second-order valence-corrected chi connectivity index (χ2v) is 8.58. The molecule has 5 rings (SSSR count). The first-order valence-corrected chi connectivity index (χ1v) is 11.5. The Labute approximate surface area is 193 Å². The average Bonchev–Trinajstić information content (AvgIpc) is 3.23. The minimum absolute atomic E-state index is 0.0515. The smallest absolute Gasteiger partial charge is 0.256 e. The van der Waals surface area contributed by atoms with Crippen molar-refractivity contribution in [3.63, 3.8) is 0 Å². The third kappa shape index (κ3) is 4.53. The average molecular weight is 438 g/mol. The van der Waals surface area contributed by atoms with E-state index in [2.05, 4.69) is 28.1 Å². The maximum absolute atomic E-state index is 13.5. The highest BCUT2D eigenvalue weighted by atomic mass is 16.2. The van der Waals surface area contributed by atoms with Crippen LogP contribution in [0.3, 0.4) is 0 Å². The third-order valence-corrected chi connectivity index (χ3v) is 6.37. The van der Waals surface area contributed by atoms with Gasteiger partial charge in [0.25, 0.3) is 11.8 Å². The zero-order chi connectivity index (χ0) is 22.6. The van der Waals surface area contributed by atoms with E-state index < -0.39 is 0 Å². The van der Waals surface area contributed by atoms with E-state index in [0.29, 0.717) is 18.7 Å². The van der Waals surface area contributed by atoms with E-state index >= 15 is 0 Å². The molecule has 5 heteroatoms. The first kappa shape index (κ1) is 21.0. The molecule has 0 atom stereocenters. The summed E-state index contributed by atoms with van der Waals surface area (Å²) in [7, 11) is 0. The normalized spacial score (nSPS) is 14.4. The number of hydrogen-bond donors (Lipinski definition) is 1. The van der Waals surface area contributed by atoms with Gasteiger partial charge in [-0.25, -0.2) is 0 Å². The molecule has 0 bridgehead atoms. The van der Waals surface area contributed by atoms with E-state index in [4.69, 9.17) is 0 Å². The van der Waals surface area contributed by atoms with Crippen molar-refractivity contribution in [3.8, 4) is 0 Å². The van der Waals surface area contributed by atoms with Gasteiger partial charge in [0.2, 0.25) is 0 Å². The number of para-hydroxylation sites is 1. The Hall–Kier alpha value is -3.86. The fourth-order valence-electron chi connectivity index (χ4n) is 4.58. The number of piperidine rings is 1. The molecular formula is C28H27N3O2. The van der Waals surface area contributed by atoms with Crippen molar-refractivity contribution >= 4 is 22.7 Å². The predicted molar refractivity (Wildman–Crippen MR) is 130 cm³/mol. The molecule has 1 aliphatic heterocycles. The monoisotopic (exact) mass is 437 g/mol. The standard InChI is InChI=1S/C28H27N3O2/c32-27(22-11-5-2-6-12-22)29-23-15-17-30(18-16-23)28(33)25-20-31(19-21-9-3-1-4-10-21)26-14-8-7-13-24(25)26/h1-14,20,23H,15-19H2,(H,29,32). The molecule has 33 heavy (non-hydrogen) atoms. The molecule has 1 aliphatic rings. The van der Waals surface area contributed by atoms with Gasteiger partial charge in [-0.1, -0.05) is 66.7 Å². The molecule has 166 valence electrons. The van der Waals surface area contributed by atoms with Crippen LogP contribution in [0.2, 0.25) is 0 Å². The number of nitrogens with one attached hydrogen (secondary N) is 1. The van der Waals surface area contributed by atoms with Gasteiger partial charge in [0, 0.05) is 48.3 Å². The minimum atomic E-state index is -0.0515. The van der Waals surface area contributed by atoms with Crippen molar-refractivity contribution < 1.29 is 9.59 Å². The van der Waals surface area contributed by atoms with E-state index in [-0.39, 0.29) is 17.9 Å². The minimum Gasteiger partial charge on any atom is -0.349 e. The van der Waals surface area contributed by atoms with Crippen LogP contribution in [0.25, 0.3) is 10.9 Å². The molecule has 1 N–H and O–H groups in total. The maximum Gasteiger partial charge on any atom is 0.256 e. The van der Waals surface area contributed by atoms with Gasteiger partial charge in [0.15, 0.2) is 0 Å². The van der Waals surface area contributed by atoms with Gasteiger partial charge >= 0.3 is 0 Å².